The molecule has 0 unspecified atom stereocenters. The van der Waals surface area contributed by atoms with E-state index >= 15 is 0 Å². The van der Waals surface area contributed by atoms with Crippen LogP contribution in [0.5, 0.6) is 0 Å². The van der Waals surface area contributed by atoms with Crippen molar-refractivity contribution in [1.29, 1.82) is 0 Å². The molecule has 2 rings (SSSR count). The maximum atomic E-state index is 11.8. The Labute approximate surface area is 117 Å². The highest BCUT2D eigenvalue weighted by Gasteiger charge is 2.08. The van der Waals surface area contributed by atoms with Crippen molar-refractivity contribution >= 4 is 27.8 Å². The largest absolute Gasteiger partial charge is 0.257 e. The fraction of sp³-hybridized carbons (Fsp3) is 0.0714. The van der Waals surface area contributed by atoms with E-state index in [2.05, 4.69) is 4.40 Å². The van der Waals surface area contributed by atoms with Gasteiger partial charge in [0.15, 0.2) is 0 Å². The molecule has 0 saturated heterocycles. The molecule has 0 amide bonds. The molecule has 0 N–H and O–H groups in total. The molecule has 3 nitrogen and oxygen atoms in total. The van der Waals surface area contributed by atoms with Crippen molar-refractivity contribution in [2.24, 2.45) is 4.40 Å². The Morgan fingerprint density at radius 3 is 2.26 bits per heavy atom. The number of rotatable bonds is 4. The quantitative estimate of drug-likeness (QED) is 0.812. The van der Waals surface area contributed by atoms with Crippen LogP contribution >= 0.6 is 11.6 Å². The van der Waals surface area contributed by atoms with E-state index in [4.69, 9.17) is 11.6 Å². The smallest absolute Gasteiger partial charge is 0.204 e. The third-order valence-electron chi connectivity index (χ3n) is 2.42. The lowest BCUT2D eigenvalue weighted by Gasteiger charge is -1.99. The van der Waals surface area contributed by atoms with Gasteiger partial charge in [-0.15, -0.1) is 0 Å². The monoisotopic (exact) mass is 293 g/mol. The number of halogens is 1. The lowest BCUT2D eigenvalue weighted by Crippen LogP contribution is -2.01. The van der Waals surface area contributed by atoms with Crippen molar-refractivity contribution in [3.63, 3.8) is 0 Å². The standard InChI is InChI=1S/C14H12ClNO2S/c15-14-8-6-12(7-9-14)10-16-19(17,18)11-13-4-2-1-3-5-13/h1-10H,11H2/b16-10+. The molecule has 0 atom stereocenters. The van der Waals surface area contributed by atoms with Crippen LogP contribution in [0.1, 0.15) is 11.1 Å². The summed E-state index contributed by atoms with van der Waals surface area (Å²) in [7, 11) is -3.51. The van der Waals surface area contributed by atoms with Gasteiger partial charge >= 0.3 is 0 Å². The van der Waals surface area contributed by atoms with Crippen molar-refractivity contribution < 1.29 is 8.42 Å². The number of sulfonamides is 1. The van der Waals surface area contributed by atoms with Crippen LogP contribution in [0.4, 0.5) is 0 Å². The highest BCUT2D eigenvalue weighted by Crippen LogP contribution is 2.10. The van der Waals surface area contributed by atoms with E-state index < -0.39 is 10.0 Å². The van der Waals surface area contributed by atoms with Crippen LogP contribution in [0.2, 0.25) is 5.02 Å². The Morgan fingerprint density at radius 1 is 1.00 bits per heavy atom. The summed E-state index contributed by atoms with van der Waals surface area (Å²) in [4.78, 5) is 0. The molecule has 5 heteroatoms. The molecule has 0 aliphatic carbocycles. The zero-order valence-corrected chi connectivity index (χ0v) is 11.6. The summed E-state index contributed by atoms with van der Waals surface area (Å²) < 4.78 is 27.3. The molecule has 0 aliphatic rings. The Kier molecular flexibility index (Phi) is 4.35. The lowest BCUT2D eigenvalue weighted by molar-refractivity contribution is 0.597. The molecule has 2 aromatic rings. The molecule has 0 radical (unpaired) electrons. The van der Waals surface area contributed by atoms with Crippen LogP contribution in [0.15, 0.2) is 59.0 Å². The normalized spacial score (nSPS) is 11.8. The van der Waals surface area contributed by atoms with Gasteiger partial charge in [-0.25, -0.2) is 8.42 Å². The van der Waals surface area contributed by atoms with E-state index in [0.29, 0.717) is 10.6 Å². The first-order valence-electron chi connectivity index (χ1n) is 5.63. The van der Waals surface area contributed by atoms with Crippen LogP contribution in [-0.4, -0.2) is 14.6 Å². The van der Waals surface area contributed by atoms with Crippen molar-refractivity contribution in [2.45, 2.75) is 5.75 Å². The molecule has 0 fully saturated rings. The number of hydrogen-bond donors (Lipinski definition) is 0. The van der Waals surface area contributed by atoms with Crippen LogP contribution in [0, 0.1) is 0 Å². The first-order chi connectivity index (χ1) is 9.05. The Morgan fingerprint density at radius 2 is 1.63 bits per heavy atom. The van der Waals surface area contributed by atoms with Gasteiger partial charge in [0.25, 0.3) is 10.0 Å². The third kappa shape index (κ3) is 4.50. The maximum Gasteiger partial charge on any atom is 0.257 e. The predicted octanol–water partition coefficient (Wildman–Crippen LogP) is 3.29. The summed E-state index contributed by atoms with van der Waals surface area (Å²) in [6.07, 6.45) is 1.33. The molecule has 0 aliphatic heterocycles. The first-order valence-corrected chi connectivity index (χ1v) is 7.61. The molecule has 0 aromatic heterocycles. The summed E-state index contributed by atoms with van der Waals surface area (Å²) in [6.45, 7) is 0. The van der Waals surface area contributed by atoms with Gasteiger partial charge in [0.1, 0.15) is 0 Å². The van der Waals surface area contributed by atoms with E-state index in [0.717, 1.165) is 5.56 Å². The average Bonchev–Trinajstić information content (AvgIpc) is 2.39. The van der Waals surface area contributed by atoms with E-state index in [-0.39, 0.29) is 5.75 Å². The van der Waals surface area contributed by atoms with Crippen LogP contribution < -0.4 is 0 Å². The molecular weight excluding hydrogens is 282 g/mol. The van der Waals surface area contributed by atoms with E-state index in [9.17, 15) is 8.42 Å². The Balaban J connectivity index is 2.11. The van der Waals surface area contributed by atoms with Crippen LogP contribution in [-0.2, 0) is 15.8 Å². The molecular formula is C14H12ClNO2S. The molecule has 0 heterocycles. The third-order valence-corrected chi connectivity index (χ3v) is 3.80. The second kappa shape index (κ2) is 5.99. The second-order valence-electron chi connectivity index (χ2n) is 4.00. The summed E-state index contributed by atoms with van der Waals surface area (Å²) in [5.74, 6) is -0.0993. The fourth-order valence-corrected chi connectivity index (χ4v) is 2.61. The van der Waals surface area contributed by atoms with Crippen molar-refractivity contribution in [3.8, 4) is 0 Å². The van der Waals surface area contributed by atoms with Gasteiger partial charge in [0.2, 0.25) is 0 Å². The van der Waals surface area contributed by atoms with Crippen LogP contribution in [0.25, 0.3) is 0 Å². The van der Waals surface area contributed by atoms with E-state index in [1.54, 1.807) is 48.5 Å². The van der Waals surface area contributed by atoms with Crippen molar-refractivity contribution in [1.82, 2.24) is 0 Å². The minimum atomic E-state index is -3.51. The molecule has 0 spiro atoms. The number of benzene rings is 2. The van der Waals surface area contributed by atoms with Gasteiger partial charge in [0, 0.05) is 11.2 Å². The number of hydrogen-bond acceptors (Lipinski definition) is 2. The highest BCUT2D eigenvalue weighted by molar-refractivity contribution is 7.89. The van der Waals surface area contributed by atoms with Crippen molar-refractivity contribution in [2.75, 3.05) is 0 Å². The van der Waals surface area contributed by atoms with Gasteiger partial charge < -0.3 is 0 Å². The Bertz CT molecular complexity index is 664. The van der Waals surface area contributed by atoms with Gasteiger partial charge in [-0.1, -0.05) is 54.1 Å². The maximum absolute atomic E-state index is 11.8. The highest BCUT2D eigenvalue weighted by atomic mass is 35.5. The molecule has 19 heavy (non-hydrogen) atoms. The fourth-order valence-electron chi connectivity index (χ4n) is 1.51. The zero-order valence-electron chi connectivity index (χ0n) is 10.0. The lowest BCUT2D eigenvalue weighted by atomic mass is 10.2. The van der Waals surface area contributed by atoms with E-state index in [1.165, 1.54) is 6.21 Å². The van der Waals surface area contributed by atoms with Gasteiger partial charge in [-0.2, -0.15) is 4.40 Å². The molecule has 98 valence electrons. The minimum absolute atomic E-state index is 0.0993. The average molecular weight is 294 g/mol. The molecule has 0 saturated carbocycles. The second-order valence-corrected chi connectivity index (χ2v) is 6.10. The predicted molar refractivity (Wildman–Crippen MR) is 78.1 cm³/mol. The topological polar surface area (TPSA) is 46.5 Å². The van der Waals surface area contributed by atoms with Gasteiger partial charge in [-0.3, -0.25) is 0 Å². The SMILES string of the molecule is O=S(=O)(Cc1ccccc1)/N=C/c1ccc(Cl)cc1. The first kappa shape index (κ1) is 13.8. The zero-order chi connectivity index (χ0) is 13.7. The Hall–Kier alpha value is -1.65. The van der Waals surface area contributed by atoms with Crippen LogP contribution in [0.3, 0.4) is 0 Å². The van der Waals surface area contributed by atoms with Gasteiger partial charge in [-0.05, 0) is 23.3 Å². The molecule has 0 bridgehead atoms. The summed E-state index contributed by atoms with van der Waals surface area (Å²) in [5, 5.41) is 0.601. The number of nitrogens with zero attached hydrogens (tertiary/aromatic N) is 1. The van der Waals surface area contributed by atoms with E-state index in [1.807, 2.05) is 6.07 Å². The minimum Gasteiger partial charge on any atom is -0.204 e. The van der Waals surface area contributed by atoms with Gasteiger partial charge in [0.05, 0.1) is 5.75 Å². The summed E-state index contributed by atoms with van der Waals surface area (Å²) in [5.41, 5.74) is 1.41. The summed E-state index contributed by atoms with van der Waals surface area (Å²) >= 11 is 5.75. The summed E-state index contributed by atoms with van der Waals surface area (Å²) in [6, 6.07) is 15.8. The molecule has 2 aromatic carbocycles. The van der Waals surface area contributed by atoms with Crippen molar-refractivity contribution in [3.05, 3.63) is 70.7 Å².